The van der Waals surface area contributed by atoms with Crippen molar-refractivity contribution >= 4 is 11.9 Å². The molecule has 1 unspecified atom stereocenters. The molecule has 0 aromatic heterocycles. The smallest absolute Gasteiger partial charge is 0.306 e. The first-order chi connectivity index (χ1) is 35.6. The van der Waals surface area contributed by atoms with E-state index < -0.39 is 6.10 Å². The number of unbranched alkanes of at least 4 members (excludes halogenated alkanes) is 29. The van der Waals surface area contributed by atoms with E-state index in [2.05, 4.69) is 123 Å². The van der Waals surface area contributed by atoms with Crippen molar-refractivity contribution in [2.45, 2.75) is 290 Å². The van der Waals surface area contributed by atoms with Crippen LogP contribution in [0.4, 0.5) is 0 Å². The van der Waals surface area contributed by atoms with Crippen LogP contribution in [0.15, 0.2) is 109 Å². The molecule has 0 radical (unpaired) electrons. The van der Waals surface area contributed by atoms with Crippen molar-refractivity contribution in [1.82, 2.24) is 0 Å². The molecule has 0 aromatic carbocycles. The molecule has 0 saturated heterocycles. The molecular weight excluding hydrogens is 885 g/mol. The third-order valence-electron chi connectivity index (χ3n) is 13.1. The van der Waals surface area contributed by atoms with Gasteiger partial charge in [0.15, 0.2) is 6.10 Å². The van der Waals surface area contributed by atoms with Gasteiger partial charge in [0, 0.05) is 12.8 Å². The van der Waals surface area contributed by atoms with Crippen LogP contribution in [0.25, 0.3) is 0 Å². The Morgan fingerprint density at radius 3 is 0.903 bits per heavy atom. The van der Waals surface area contributed by atoms with Gasteiger partial charge < -0.3 is 14.6 Å². The van der Waals surface area contributed by atoms with Crippen LogP contribution in [0.1, 0.15) is 284 Å². The third kappa shape index (κ3) is 59.1. The molecule has 0 heterocycles. The van der Waals surface area contributed by atoms with Crippen LogP contribution in [0.3, 0.4) is 0 Å². The zero-order chi connectivity index (χ0) is 52.0. The summed E-state index contributed by atoms with van der Waals surface area (Å²) in [5, 5.41) is 9.66. The van der Waals surface area contributed by atoms with Crippen molar-refractivity contribution in [3.05, 3.63) is 109 Å². The number of carbonyl (C=O) groups excluding carboxylic acids is 2. The topological polar surface area (TPSA) is 72.8 Å². The van der Waals surface area contributed by atoms with Crippen LogP contribution in [0, 0.1) is 0 Å². The molecule has 0 spiro atoms. The van der Waals surface area contributed by atoms with Crippen molar-refractivity contribution in [3.63, 3.8) is 0 Å². The van der Waals surface area contributed by atoms with Gasteiger partial charge in [0.2, 0.25) is 0 Å². The first kappa shape index (κ1) is 68.6. The lowest BCUT2D eigenvalue weighted by Crippen LogP contribution is -2.28. The number of allylic oxidation sites excluding steroid dienone is 18. The van der Waals surface area contributed by atoms with E-state index in [4.69, 9.17) is 9.47 Å². The number of hydrogen-bond donors (Lipinski definition) is 1. The fourth-order valence-corrected chi connectivity index (χ4v) is 8.51. The minimum absolute atomic E-state index is 0.0744. The van der Waals surface area contributed by atoms with Gasteiger partial charge in [-0.25, -0.2) is 0 Å². The summed E-state index contributed by atoms with van der Waals surface area (Å²) >= 11 is 0. The maximum atomic E-state index is 12.3. The molecule has 5 nitrogen and oxygen atoms in total. The minimum atomic E-state index is -0.782. The van der Waals surface area contributed by atoms with E-state index >= 15 is 0 Å². The molecule has 0 saturated carbocycles. The van der Waals surface area contributed by atoms with E-state index in [9.17, 15) is 14.7 Å². The molecule has 0 aliphatic heterocycles. The van der Waals surface area contributed by atoms with Crippen molar-refractivity contribution in [2.24, 2.45) is 0 Å². The molecule has 1 atom stereocenters. The number of ether oxygens (including phenoxy) is 2. The normalized spacial score (nSPS) is 13.0. The van der Waals surface area contributed by atoms with Crippen molar-refractivity contribution in [1.29, 1.82) is 0 Å². The highest BCUT2D eigenvalue weighted by atomic mass is 16.6. The van der Waals surface area contributed by atoms with Gasteiger partial charge in [-0.2, -0.15) is 0 Å². The van der Waals surface area contributed by atoms with Crippen molar-refractivity contribution < 1.29 is 24.2 Å². The number of esters is 2. The molecule has 412 valence electrons. The van der Waals surface area contributed by atoms with E-state index in [-0.39, 0.29) is 25.2 Å². The average Bonchev–Trinajstić information content (AvgIpc) is 3.38. The summed E-state index contributed by atoms with van der Waals surface area (Å²) in [6, 6.07) is 0. The zero-order valence-corrected chi connectivity index (χ0v) is 47.2. The number of aliphatic hydroxyl groups excluding tert-OH is 1. The Bertz CT molecular complexity index is 1410. The molecule has 0 aliphatic rings. The molecular formula is C67H114O5. The highest BCUT2D eigenvalue weighted by Crippen LogP contribution is 2.16. The van der Waals surface area contributed by atoms with Crippen LogP contribution >= 0.6 is 0 Å². The van der Waals surface area contributed by atoms with Gasteiger partial charge in [0.1, 0.15) is 6.61 Å². The van der Waals surface area contributed by atoms with Crippen LogP contribution in [0.2, 0.25) is 0 Å². The second-order valence-electron chi connectivity index (χ2n) is 20.0. The molecule has 0 aliphatic carbocycles. The molecule has 5 heteroatoms. The van der Waals surface area contributed by atoms with Gasteiger partial charge in [-0.1, -0.05) is 277 Å². The lowest BCUT2D eigenvalue weighted by molar-refractivity contribution is -0.161. The second kappa shape index (κ2) is 61.9. The molecule has 1 N–H and O–H groups in total. The second-order valence-corrected chi connectivity index (χ2v) is 20.0. The summed E-state index contributed by atoms with van der Waals surface area (Å²) < 4.78 is 10.7. The van der Waals surface area contributed by atoms with E-state index in [0.717, 1.165) is 96.3 Å². The van der Waals surface area contributed by atoms with Gasteiger partial charge >= 0.3 is 11.9 Å². The lowest BCUT2D eigenvalue weighted by atomic mass is 10.0. The fourth-order valence-electron chi connectivity index (χ4n) is 8.51. The van der Waals surface area contributed by atoms with E-state index in [1.165, 1.54) is 161 Å². The minimum Gasteiger partial charge on any atom is -0.462 e. The van der Waals surface area contributed by atoms with Crippen LogP contribution in [-0.2, 0) is 19.1 Å². The van der Waals surface area contributed by atoms with Crippen LogP contribution in [0.5, 0.6) is 0 Å². The number of rotatable bonds is 55. The maximum absolute atomic E-state index is 12.3. The maximum Gasteiger partial charge on any atom is 0.306 e. The lowest BCUT2D eigenvalue weighted by Gasteiger charge is -2.15. The Balaban J connectivity index is 3.47. The number of hydrogen-bond acceptors (Lipinski definition) is 5. The van der Waals surface area contributed by atoms with Crippen molar-refractivity contribution in [2.75, 3.05) is 13.2 Å². The van der Waals surface area contributed by atoms with E-state index in [1.54, 1.807) is 0 Å². The van der Waals surface area contributed by atoms with Crippen LogP contribution < -0.4 is 0 Å². The van der Waals surface area contributed by atoms with Gasteiger partial charge in [0.25, 0.3) is 0 Å². The van der Waals surface area contributed by atoms with Gasteiger partial charge in [-0.15, -0.1) is 0 Å². The Labute approximate surface area is 446 Å². The number of aliphatic hydroxyl groups is 1. The number of carbonyl (C=O) groups is 2. The summed E-state index contributed by atoms with van der Waals surface area (Å²) in [5.74, 6) is -0.600. The summed E-state index contributed by atoms with van der Waals surface area (Å²) in [6.45, 7) is 4.00. The predicted octanol–water partition coefficient (Wildman–Crippen LogP) is 20.9. The van der Waals surface area contributed by atoms with Crippen molar-refractivity contribution in [3.8, 4) is 0 Å². The molecule has 0 aromatic rings. The van der Waals surface area contributed by atoms with Gasteiger partial charge in [-0.3, -0.25) is 9.59 Å². The Morgan fingerprint density at radius 2 is 0.597 bits per heavy atom. The molecule has 0 rings (SSSR count). The molecule has 72 heavy (non-hydrogen) atoms. The third-order valence-corrected chi connectivity index (χ3v) is 13.1. The van der Waals surface area contributed by atoms with Gasteiger partial charge in [0.05, 0.1) is 6.61 Å². The fraction of sp³-hybridized carbons (Fsp3) is 0.701. The highest BCUT2D eigenvalue weighted by molar-refractivity contribution is 5.70. The standard InChI is InChI=1S/C67H114O5/c1-3-5-7-9-11-13-15-17-19-21-23-24-25-26-27-28-29-30-31-32-33-34-35-36-37-38-39-40-41-42-44-46-48-50-52-54-56-58-60-62-67(70)72-65(63-68)64-71-66(69)61-59-57-55-53-51-49-47-45-43-22-20-18-16-14-12-10-8-6-4-2/h5,7,11-14,17-20,23-24,26-27,29-30,43,45,65,68H,3-4,6,8-10,15-16,21-22,25,28,31-42,44,46-64H2,1-2H3/b7-5-,13-11-,14-12-,19-17-,20-18-,24-23-,27-26-,30-29-,45-43-. The average molecular weight is 1000 g/mol. The SMILES string of the molecule is CC/C=C\C/C=C\C/C=C\C/C=C\C/C=C\C/C=C\CCCCCCCCCCCCCCCCCCCCCCC(=O)OC(CO)COC(=O)CCCCCCCC/C=C\C/C=C\C/C=C\CCCCC. The quantitative estimate of drug-likeness (QED) is 0.0373. The van der Waals surface area contributed by atoms with Crippen LogP contribution in [-0.4, -0.2) is 36.4 Å². The predicted molar refractivity (Wildman–Crippen MR) is 315 cm³/mol. The summed E-state index contributed by atoms with van der Waals surface area (Å²) in [7, 11) is 0. The largest absolute Gasteiger partial charge is 0.462 e. The molecule has 0 amide bonds. The first-order valence-corrected chi connectivity index (χ1v) is 30.4. The Kier molecular flexibility index (Phi) is 58.9. The summed E-state index contributed by atoms with van der Waals surface area (Å²) in [5.41, 5.74) is 0. The Morgan fingerprint density at radius 1 is 0.333 bits per heavy atom. The van der Waals surface area contributed by atoms with E-state index in [0.29, 0.717) is 12.8 Å². The van der Waals surface area contributed by atoms with E-state index in [1.807, 2.05) is 0 Å². The monoisotopic (exact) mass is 999 g/mol. The Hall–Kier alpha value is -3.44. The molecule has 0 fully saturated rings. The zero-order valence-electron chi connectivity index (χ0n) is 47.2. The molecule has 0 bridgehead atoms. The summed E-state index contributed by atoms with van der Waals surface area (Å²) in [6.07, 6.45) is 89.4. The first-order valence-electron chi connectivity index (χ1n) is 30.4. The van der Waals surface area contributed by atoms with Gasteiger partial charge in [-0.05, 0) is 103 Å². The summed E-state index contributed by atoms with van der Waals surface area (Å²) in [4.78, 5) is 24.5. The highest BCUT2D eigenvalue weighted by Gasteiger charge is 2.16.